The van der Waals surface area contributed by atoms with Gasteiger partial charge in [-0.1, -0.05) is 49.9 Å². The fourth-order valence-corrected chi connectivity index (χ4v) is 5.74. The summed E-state index contributed by atoms with van der Waals surface area (Å²) in [4.78, 5) is 23.0. The Bertz CT molecular complexity index is 1710. The van der Waals surface area contributed by atoms with Crippen LogP contribution in [-0.2, 0) is 11.2 Å². The van der Waals surface area contributed by atoms with Crippen LogP contribution in [0.25, 0.3) is 17.1 Å². The summed E-state index contributed by atoms with van der Waals surface area (Å²) in [5.74, 6) is -0.0819. The molecule has 1 fully saturated rings. The summed E-state index contributed by atoms with van der Waals surface area (Å²) in [6.07, 6.45) is -1.72. The first kappa shape index (κ1) is 32.1. The Hall–Kier alpha value is -4.30. The number of anilines is 1. The lowest BCUT2D eigenvalue weighted by Crippen LogP contribution is -2.32. The number of nitrogens with one attached hydrogen (secondary N) is 1. The molecule has 1 N–H and O–H groups in total. The summed E-state index contributed by atoms with van der Waals surface area (Å²) in [7, 11) is 0. The zero-order chi connectivity index (χ0) is 32.1. The van der Waals surface area contributed by atoms with E-state index in [-0.39, 0.29) is 34.3 Å². The molecule has 234 valence electrons. The number of amidine groups is 1. The molecule has 0 radical (unpaired) electrons. The Morgan fingerprint density at radius 1 is 1.11 bits per heavy atom. The van der Waals surface area contributed by atoms with E-state index in [1.807, 2.05) is 38.1 Å². The maximum absolute atomic E-state index is 13.9. The van der Waals surface area contributed by atoms with Crippen LogP contribution in [0.4, 0.5) is 23.2 Å². The molecule has 1 saturated heterocycles. The van der Waals surface area contributed by atoms with Crippen molar-refractivity contribution in [2.75, 3.05) is 17.2 Å². The second-order valence-electron chi connectivity index (χ2n) is 10.4. The Labute approximate surface area is 266 Å². The third kappa shape index (κ3) is 8.25. The number of hydrogen-bond acceptors (Lipinski definition) is 6. The average molecular weight is 657 g/mol. The number of nitrogens with zero attached hydrogens (tertiary/aromatic N) is 5. The Morgan fingerprint density at radius 2 is 1.84 bits per heavy atom. The highest BCUT2D eigenvalue weighted by molar-refractivity contribution is 8.15. The van der Waals surface area contributed by atoms with E-state index in [1.165, 1.54) is 64.1 Å². The second kappa shape index (κ2) is 13.8. The zero-order valence-corrected chi connectivity index (χ0v) is 25.8. The number of alkyl halides is 3. The molecule has 0 unspecified atom stereocenters. The molecule has 0 spiro atoms. The summed E-state index contributed by atoms with van der Waals surface area (Å²) in [5, 5.41) is 8.29. The fourth-order valence-electron chi connectivity index (χ4n) is 4.63. The first-order valence-corrected chi connectivity index (χ1v) is 15.3. The lowest BCUT2D eigenvalue weighted by atomic mass is 10.0. The predicted octanol–water partition coefficient (Wildman–Crippen LogP) is 7.04. The van der Waals surface area contributed by atoms with Gasteiger partial charge in [-0.2, -0.15) is 4.99 Å². The van der Waals surface area contributed by atoms with E-state index in [0.29, 0.717) is 28.9 Å². The van der Waals surface area contributed by atoms with Gasteiger partial charge in [-0.05, 0) is 84.6 Å². The van der Waals surface area contributed by atoms with Gasteiger partial charge in [-0.15, -0.1) is 18.3 Å². The Balaban J connectivity index is 1.13. The molecule has 0 aliphatic carbocycles. The number of carbonyl (C=O) groups excluding carboxylic acids is 1. The average Bonchev–Trinajstić information content (AvgIpc) is 3.62. The number of thiocarbonyl (C=S) groups is 1. The van der Waals surface area contributed by atoms with Gasteiger partial charge in [-0.25, -0.2) is 14.1 Å². The minimum Gasteiger partial charge on any atom is -0.406 e. The number of benzene rings is 3. The molecule has 0 atom stereocenters. The van der Waals surface area contributed by atoms with E-state index >= 15 is 0 Å². The van der Waals surface area contributed by atoms with E-state index in [1.54, 1.807) is 6.07 Å². The maximum atomic E-state index is 13.9. The molecular weight excluding hydrogens is 629 g/mol. The number of amides is 1. The first-order chi connectivity index (χ1) is 21.5. The van der Waals surface area contributed by atoms with Crippen LogP contribution in [0.3, 0.4) is 0 Å². The summed E-state index contributed by atoms with van der Waals surface area (Å²) in [5.41, 5.74) is 3.76. The highest BCUT2D eigenvalue weighted by Gasteiger charge is 2.32. The number of aromatic nitrogens is 3. The monoisotopic (exact) mass is 656 g/mol. The van der Waals surface area contributed by atoms with Crippen LogP contribution in [0.5, 0.6) is 5.75 Å². The quantitative estimate of drug-likeness (QED) is 0.118. The van der Waals surface area contributed by atoms with Crippen molar-refractivity contribution in [2.45, 2.75) is 39.0 Å². The number of aryl methyl sites for hydroxylation is 1. The van der Waals surface area contributed by atoms with Gasteiger partial charge in [-0.3, -0.25) is 9.69 Å². The third-order valence-electron chi connectivity index (χ3n) is 6.77. The fraction of sp³-hybridized carbons (Fsp3) is 0.258. The topological polar surface area (TPSA) is 84.6 Å². The molecule has 1 aliphatic heterocycles. The molecule has 2 heterocycles. The van der Waals surface area contributed by atoms with Gasteiger partial charge >= 0.3 is 6.36 Å². The molecule has 1 amide bonds. The predicted molar refractivity (Wildman–Crippen MR) is 170 cm³/mol. The van der Waals surface area contributed by atoms with Gasteiger partial charge in [0.05, 0.1) is 17.1 Å². The minimum absolute atomic E-state index is 0.0132. The van der Waals surface area contributed by atoms with Crippen molar-refractivity contribution in [1.82, 2.24) is 20.1 Å². The van der Waals surface area contributed by atoms with Crippen LogP contribution in [0, 0.1) is 5.82 Å². The molecule has 1 aromatic heterocycles. The van der Waals surface area contributed by atoms with Gasteiger partial charge in [0.1, 0.15) is 17.9 Å². The molecular formula is C31H28F4N6O2S2. The third-order valence-corrected chi connectivity index (χ3v) is 7.93. The van der Waals surface area contributed by atoms with Crippen LogP contribution in [0.1, 0.15) is 37.3 Å². The van der Waals surface area contributed by atoms with Crippen molar-refractivity contribution in [3.05, 3.63) is 90.0 Å². The minimum atomic E-state index is -4.75. The SMILES string of the molecule is CC(C)c1cc(F)ccc1N1C(=O)CSC1=NC(=S)NCCCc1ccc(-c2ncn(-c3ccc(OC(F)(F)F)cc3)n2)cc1. The molecule has 4 aromatic rings. The molecule has 1 aliphatic rings. The number of aliphatic imine (C=N–C) groups is 1. The normalized spacial score (nSPS) is 14.4. The molecule has 45 heavy (non-hydrogen) atoms. The first-order valence-electron chi connectivity index (χ1n) is 14.0. The van der Waals surface area contributed by atoms with Crippen LogP contribution in [-0.4, -0.2) is 49.6 Å². The number of ether oxygens (including phenoxy) is 1. The van der Waals surface area contributed by atoms with Crippen molar-refractivity contribution in [3.8, 4) is 22.8 Å². The molecule has 5 rings (SSSR count). The van der Waals surface area contributed by atoms with Crippen LogP contribution >= 0.6 is 24.0 Å². The van der Waals surface area contributed by atoms with Crippen molar-refractivity contribution >= 4 is 45.9 Å². The van der Waals surface area contributed by atoms with Gasteiger partial charge < -0.3 is 10.1 Å². The van der Waals surface area contributed by atoms with Gasteiger partial charge in [0.15, 0.2) is 16.1 Å². The van der Waals surface area contributed by atoms with E-state index in [2.05, 4.69) is 25.1 Å². The summed E-state index contributed by atoms with van der Waals surface area (Å²) in [6, 6.07) is 17.5. The van der Waals surface area contributed by atoms with Crippen LogP contribution in [0.2, 0.25) is 0 Å². The Kier molecular flexibility index (Phi) is 9.83. The lowest BCUT2D eigenvalue weighted by molar-refractivity contribution is -0.274. The van der Waals surface area contributed by atoms with Gasteiger partial charge in [0.2, 0.25) is 5.91 Å². The molecule has 0 saturated carbocycles. The molecule has 3 aromatic carbocycles. The maximum Gasteiger partial charge on any atom is 0.573 e. The van der Waals surface area contributed by atoms with Crippen molar-refractivity contribution in [3.63, 3.8) is 0 Å². The summed E-state index contributed by atoms with van der Waals surface area (Å²) < 4.78 is 56.5. The van der Waals surface area contributed by atoms with E-state index < -0.39 is 6.36 Å². The number of halogens is 4. The lowest BCUT2D eigenvalue weighted by Gasteiger charge is -2.21. The smallest absolute Gasteiger partial charge is 0.406 e. The molecule has 14 heteroatoms. The van der Waals surface area contributed by atoms with E-state index in [4.69, 9.17) is 12.2 Å². The number of thioether (sulfide) groups is 1. The molecule has 0 bridgehead atoms. The van der Waals surface area contributed by atoms with Crippen molar-refractivity contribution in [1.29, 1.82) is 0 Å². The van der Waals surface area contributed by atoms with E-state index in [0.717, 1.165) is 29.5 Å². The number of carbonyl (C=O) groups is 1. The second-order valence-corrected chi connectivity index (χ2v) is 11.7. The van der Waals surface area contributed by atoms with Gasteiger partial charge in [0, 0.05) is 12.1 Å². The Morgan fingerprint density at radius 3 is 2.53 bits per heavy atom. The zero-order valence-electron chi connectivity index (χ0n) is 24.2. The largest absolute Gasteiger partial charge is 0.573 e. The van der Waals surface area contributed by atoms with Crippen molar-refractivity contribution < 1.29 is 27.1 Å². The number of rotatable bonds is 9. The van der Waals surface area contributed by atoms with Crippen molar-refractivity contribution in [2.24, 2.45) is 4.99 Å². The number of hydrogen-bond donors (Lipinski definition) is 1. The highest BCUT2D eigenvalue weighted by Crippen LogP contribution is 2.34. The molecule has 8 nitrogen and oxygen atoms in total. The highest BCUT2D eigenvalue weighted by atomic mass is 32.2. The van der Waals surface area contributed by atoms with Gasteiger partial charge in [0.25, 0.3) is 0 Å². The van der Waals surface area contributed by atoms with Crippen LogP contribution in [0.15, 0.2) is 78.0 Å². The summed E-state index contributed by atoms with van der Waals surface area (Å²) in [6.45, 7) is 4.46. The summed E-state index contributed by atoms with van der Waals surface area (Å²) >= 11 is 6.72. The standard InChI is InChI=1S/C31H28F4N6O2S2/c1-19(2)25-16-22(32)9-14-26(25)41-27(42)17-45-30(41)38-29(44)36-15-3-4-20-5-7-21(8-6-20)28-37-18-40(39-28)23-10-12-24(13-11-23)43-31(33,34)35/h5-14,16,18-19H,3-4,15,17H2,1-2H3,(H,36,44). The van der Waals surface area contributed by atoms with E-state index in [9.17, 15) is 22.4 Å². The van der Waals surface area contributed by atoms with Crippen LogP contribution < -0.4 is 15.0 Å².